The van der Waals surface area contributed by atoms with E-state index >= 15 is 0 Å². The maximum Gasteiger partial charge on any atom is 0.297 e. The summed E-state index contributed by atoms with van der Waals surface area (Å²) in [6.07, 6.45) is 1.19. The van der Waals surface area contributed by atoms with Gasteiger partial charge in [-0.25, -0.2) is 9.37 Å². The van der Waals surface area contributed by atoms with Gasteiger partial charge < -0.3 is 9.73 Å². The van der Waals surface area contributed by atoms with Gasteiger partial charge in [0.1, 0.15) is 23.5 Å². The highest BCUT2D eigenvalue weighted by Crippen LogP contribution is 2.24. The number of halogens is 1. The lowest BCUT2D eigenvalue weighted by atomic mass is 10.2. The van der Waals surface area contributed by atoms with Gasteiger partial charge in [0.2, 0.25) is 11.5 Å². The smallest absolute Gasteiger partial charge is 0.297 e. The molecule has 9 nitrogen and oxygen atoms in total. The highest BCUT2D eigenvalue weighted by molar-refractivity contribution is 6.01. The number of carbonyl (C=O) groups is 1. The number of anilines is 1. The van der Waals surface area contributed by atoms with Crippen LogP contribution in [0.1, 0.15) is 0 Å². The number of nitrogens with zero attached hydrogens (tertiary/aromatic N) is 3. The van der Waals surface area contributed by atoms with Crippen molar-refractivity contribution in [2.24, 2.45) is 0 Å². The molecule has 0 aliphatic rings. The van der Waals surface area contributed by atoms with E-state index in [1.54, 1.807) is 24.3 Å². The average Bonchev–Trinajstić information content (AvgIpc) is 3.05. The van der Waals surface area contributed by atoms with Gasteiger partial charge in [-0.3, -0.25) is 24.3 Å². The molecule has 0 saturated carbocycles. The first-order chi connectivity index (χ1) is 13.4. The molecule has 4 rings (SSSR count). The molecule has 0 unspecified atom stereocenters. The zero-order valence-electron chi connectivity index (χ0n) is 14.1. The Morgan fingerprint density at radius 3 is 2.86 bits per heavy atom. The van der Waals surface area contributed by atoms with E-state index in [0.29, 0.717) is 16.5 Å². The number of furan rings is 1. The number of nitro groups is 1. The van der Waals surface area contributed by atoms with Gasteiger partial charge >= 0.3 is 0 Å². The fourth-order valence-electron chi connectivity index (χ4n) is 2.79. The fraction of sp³-hybridized carbons (Fsp3) is 0.0556. The molecule has 10 heteroatoms. The van der Waals surface area contributed by atoms with Crippen molar-refractivity contribution in [1.29, 1.82) is 0 Å². The largest absolute Gasteiger partial charge is 0.448 e. The van der Waals surface area contributed by atoms with E-state index in [2.05, 4.69) is 10.3 Å². The Balaban J connectivity index is 1.63. The number of fused-ring (bicyclic) bond motifs is 3. The summed E-state index contributed by atoms with van der Waals surface area (Å²) in [6.45, 7) is -0.471. The number of hydrogen-bond donors (Lipinski definition) is 1. The number of amides is 1. The number of non-ortho nitro benzene ring substituents is 1. The minimum Gasteiger partial charge on any atom is -0.448 e. The fourth-order valence-corrected chi connectivity index (χ4v) is 2.79. The number of nitrogens with one attached hydrogen (secondary N) is 1. The van der Waals surface area contributed by atoms with E-state index in [4.69, 9.17) is 4.42 Å². The lowest BCUT2D eigenvalue weighted by Gasteiger charge is -2.07. The van der Waals surface area contributed by atoms with E-state index in [1.165, 1.54) is 6.33 Å². The van der Waals surface area contributed by atoms with E-state index in [1.807, 2.05) is 0 Å². The van der Waals surface area contributed by atoms with Crippen molar-refractivity contribution in [1.82, 2.24) is 9.55 Å². The Hall–Kier alpha value is -4.08. The van der Waals surface area contributed by atoms with Crippen molar-refractivity contribution in [3.63, 3.8) is 0 Å². The van der Waals surface area contributed by atoms with E-state index in [-0.39, 0.29) is 17.0 Å². The maximum absolute atomic E-state index is 13.8. The first kappa shape index (κ1) is 17.3. The monoisotopic (exact) mass is 382 g/mol. The van der Waals surface area contributed by atoms with Crippen molar-refractivity contribution in [2.45, 2.75) is 6.54 Å². The summed E-state index contributed by atoms with van der Waals surface area (Å²) in [6, 6.07) is 9.75. The third-order valence-corrected chi connectivity index (χ3v) is 4.10. The van der Waals surface area contributed by atoms with Crippen molar-refractivity contribution < 1.29 is 18.5 Å². The number of nitro benzene ring substituents is 1. The van der Waals surface area contributed by atoms with Crippen LogP contribution in [0, 0.1) is 15.9 Å². The quantitative estimate of drug-likeness (QED) is 0.428. The molecule has 140 valence electrons. The predicted molar refractivity (Wildman–Crippen MR) is 97.5 cm³/mol. The third kappa shape index (κ3) is 2.96. The summed E-state index contributed by atoms with van der Waals surface area (Å²) in [5.74, 6) is -1.59. The molecule has 1 N–H and O–H groups in total. The van der Waals surface area contributed by atoms with Crippen molar-refractivity contribution >= 4 is 39.4 Å². The van der Waals surface area contributed by atoms with Gasteiger partial charge in [-0.05, 0) is 18.2 Å². The second kappa shape index (κ2) is 6.58. The normalized spacial score (nSPS) is 11.0. The number of para-hydroxylation sites is 1. The summed E-state index contributed by atoms with van der Waals surface area (Å²) < 4.78 is 20.3. The lowest BCUT2D eigenvalue weighted by Crippen LogP contribution is -2.27. The van der Waals surface area contributed by atoms with Gasteiger partial charge in [0.05, 0.1) is 16.9 Å². The van der Waals surface area contributed by atoms with Gasteiger partial charge in [-0.15, -0.1) is 0 Å². The van der Waals surface area contributed by atoms with Crippen LogP contribution in [0.15, 0.2) is 58.0 Å². The van der Waals surface area contributed by atoms with Gasteiger partial charge in [-0.2, -0.15) is 0 Å². The summed E-state index contributed by atoms with van der Waals surface area (Å²) in [4.78, 5) is 39.0. The highest BCUT2D eigenvalue weighted by Gasteiger charge is 2.16. The molecule has 0 radical (unpaired) electrons. The zero-order chi connectivity index (χ0) is 19.8. The first-order valence-corrected chi connectivity index (χ1v) is 8.04. The predicted octanol–water partition coefficient (Wildman–Crippen LogP) is 2.83. The van der Waals surface area contributed by atoms with Gasteiger partial charge in [0.25, 0.3) is 11.2 Å². The number of carbonyl (C=O) groups excluding carboxylic acids is 1. The second-order valence-electron chi connectivity index (χ2n) is 5.92. The Kier molecular flexibility index (Phi) is 4.07. The van der Waals surface area contributed by atoms with Crippen molar-refractivity contribution in [3.05, 3.63) is 75.1 Å². The molecule has 0 aliphatic carbocycles. The average molecular weight is 382 g/mol. The van der Waals surface area contributed by atoms with Gasteiger partial charge in [0.15, 0.2) is 0 Å². The van der Waals surface area contributed by atoms with Gasteiger partial charge in [-0.1, -0.05) is 12.1 Å². The molecule has 2 aromatic carbocycles. The van der Waals surface area contributed by atoms with Crippen LogP contribution in [-0.2, 0) is 11.3 Å². The molecule has 0 fully saturated rings. The molecule has 1 amide bonds. The standard InChI is InChI=1S/C18H11FN4O5/c19-12-6-5-10(23(26)27)7-13(12)21-15(24)8-22-9-20-16-11-3-1-2-4-14(11)28-17(16)18(22)25/h1-7,9H,8H2,(H,21,24). The minimum absolute atomic E-state index is 0.00182. The van der Waals surface area contributed by atoms with Crippen LogP contribution in [0.5, 0.6) is 0 Å². The Morgan fingerprint density at radius 2 is 2.07 bits per heavy atom. The Morgan fingerprint density at radius 1 is 1.29 bits per heavy atom. The van der Waals surface area contributed by atoms with E-state index in [9.17, 15) is 24.1 Å². The van der Waals surface area contributed by atoms with Crippen LogP contribution in [0.25, 0.3) is 22.1 Å². The zero-order valence-corrected chi connectivity index (χ0v) is 14.1. The molecule has 0 bridgehead atoms. The summed E-state index contributed by atoms with van der Waals surface area (Å²) in [5.41, 5.74) is -0.442. The maximum atomic E-state index is 13.8. The molecular formula is C18H11FN4O5. The van der Waals surface area contributed by atoms with Crippen molar-refractivity contribution in [2.75, 3.05) is 5.32 Å². The minimum atomic E-state index is -0.836. The SMILES string of the molecule is O=C(Cn1cnc2c(oc3ccccc32)c1=O)Nc1cc([N+](=O)[O-])ccc1F. The van der Waals surface area contributed by atoms with Crippen molar-refractivity contribution in [3.8, 4) is 0 Å². The van der Waals surface area contributed by atoms with Crippen LogP contribution < -0.4 is 10.9 Å². The first-order valence-electron chi connectivity index (χ1n) is 8.04. The summed E-state index contributed by atoms with van der Waals surface area (Å²) in [5, 5.41) is 13.7. The Bertz CT molecular complexity index is 1310. The lowest BCUT2D eigenvalue weighted by molar-refractivity contribution is -0.384. The molecule has 28 heavy (non-hydrogen) atoms. The second-order valence-corrected chi connectivity index (χ2v) is 5.92. The number of aromatic nitrogens is 2. The molecule has 2 aromatic heterocycles. The molecule has 2 heterocycles. The molecule has 0 saturated heterocycles. The van der Waals surface area contributed by atoms with Crippen LogP contribution in [0.4, 0.5) is 15.8 Å². The van der Waals surface area contributed by atoms with Crippen LogP contribution in [0.3, 0.4) is 0 Å². The van der Waals surface area contributed by atoms with Crippen LogP contribution in [0.2, 0.25) is 0 Å². The molecular weight excluding hydrogens is 371 g/mol. The van der Waals surface area contributed by atoms with Gasteiger partial charge in [0, 0.05) is 17.5 Å². The Labute approximate surface area is 155 Å². The third-order valence-electron chi connectivity index (χ3n) is 4.10. The molecule has 0 aliphatic heterocycles. The molecule has 0 spiro atoms. The van der Waals surface area contributed by atoms with E-state index in [0.717, 1.165) is 22.8 Å². The van der Waals surface area contributed by atoms with Crippen LogP contribution >= 0.6 is 0 Å². The topological polar surface area (TPSA) is 120 Å². The summed E-state index contributed by atoms with van der Waals surface area (Å²) in [7, 11) is 0. The summed E-state index contributed by atoms with van der Waals surface area (Å²) >= 11 is 0. The highest BCUT2D eigenvalue weighted by atomic mass is 19.1. The van der Waals surface area contributed by atoms with E-state index < -0.39 is 28.8 Å². The molecule has 0 atom stereocenters. The van der Waals surface area contributed by atoms with Crippen LogP contribution in [-0.4, -0.2) is 20.4 Å². The number of benzene rings is 2. The number of hydrogen-bond acceptors (Lipinski definition) is 6. The number of rotatable bonds is 4. The molecule has 4 aromatic rings.